The molecule has 0 spiro atoms. The van der Waals surface area contributed by atoms with Gasteiger partial charge in [-0.25, -0.2) is 0 Å². The normalized spacial score (nSPS) is 10.9. The summed E-state index contributed by atoms with van der Waals surface area (Å²) in [7, 11) is 0. The van der Waals surface area contributed by atoms with E-state index in [1.807, 2.05) is 20.8 Å². The molecule has 0 aliphatic rings. The van der Waals surface area contributed by atoms with E-state index in [0.29, 0.717) is 13.1 Å². The van der Waals surface area contributed by atoms with Gasteiger partial charge in [0.15, 0.2) is 0 Å². The minimum Gasteiger partial charge on any atom is -0.355 e. The molecule has 3 N–H and O–H groups in total. The summed E-state index contributed by atoms with van der Waals surface area (Å²) in [5.41, 5.74) is -0.198. The second-order valence-corrected chi connectivity index (χ2v) is 4.46. The molecule has 0 aromatic carbocycles. The minimum atomic E-state index is -0.198. The molecular weight excluding hydrogens is 194 g/mol. The molecule has 0 fully saturated rings. The van der Waals surface area contributed by atoms with Crippen LogP contribution in [0.3, 0.4) is 0 Å². The van der Waals surface area contributed by atoms with Gasteiger partial charge in [-0.15, -0.1) is 0 Å². The van der Waals surface area contributed by atoms with Crippen LogP contribution in [-0.4, -0.2) is 37.0 Å². The molecule has 0 aromatic heterocycles. The minimum absolute atomic E-state index is 0.0367. The lowest BCUT2D eigenvalue weighted by Crippen LogP contribution is -2.45. The van der Waals surface area contributed by atoms with Crippen molar-refractivity contribution in [1.82, 2.24) is 16.0 Å². The van der Waals surface area contributed by atoms with E-state index in [-0.39, 0.29) is 23.9 Å². The average Bonchev–Trinajstić information content (AvgIpc) is 1.99. The molecule has 0 bridgehead atoms. The van der Waals surface area contributed by atoms with Crippen LogP contribution in [0.2, 0.25) is 0 Å². The number of hydrogen-bond acceptors (Lipinski definition) is 3. The number of carbonyl (C=O) groups is 2. The van der Waals surface area contributed by atoms with Gasteiger partial charge in [0, 0.05) is 25.6 Å². The number of rotatable bonds is 5. The van der Waals surface area contributed by atoms with Crippen LogP contribution in [0, 0.1) is 0 Å². The molecule has 0 aromatic rings. The van der Waals surface area contributed by atoms with Crippen LogP contribution in [0.15, 0.2) is 0 Å². The van der Waals surface area contributed by atoms with E-state index in [0.717, 1.165) is 0 Å². The zero-order chi connectivity index (χ0) is 11.9. The molecule has 0 saturated heterocycles. The molecule has 0 radical (unpaired) electrons. The molecular formula is C10H21N3O2. The van der Waals surface area contributed by atoms with Gasteiger partial charge < -0.3 is 16.0 Å². The molecule has 0 rings (SSSR count). The Labute approximate surface area is 91.0 Å². The Morgan fingerprint density at radius 3 is 2.20 bits per heavy atom. The van der Waals surface area contributed by atoms with E-state index in [4.69, 9.17) is 0 Å². The first-order chi connectivity index (χ1) is 6.81. The summed E-state index contributed by atoms with van der Waals surface area (Å²) < 4.78 is 0. The predicted octanol–water partition coefficient (Wildman–Crippen LogP) is -0.373. The predicted molar refractivity (Wildman–Crippen MR) is 59.4 cm³/mol. The fraction of sp³-hybridized carbons (Fsp3) is 0.800. The molecule has 0 saturated carbocycles. The van der Waals surface area contributed by atoms with Crippen molar-refractivity contribution in [3.8, 4) is 0 Å². The van der Waals surface area contributed by atoms with Crippen LogP contribution in [0.25, 0.3) is 0 Å². The van der Waals surface area contributed by atoms with Crippen LogP contribution in [0.1, 0.15) is 27.7 Å². The van der Waals surface area contributed by atoms with E-state index in [1.165, 1.54) is 6.92 Å². The molecule has 88 valence electrons. The highest BCUT2D eigenvalue weighted by molar-refractivity contribution is 5.78. The van der Waals surface area contributed by atoms with Gasteiger partial charge in [-0.1, -0.05) is 0 Å². The summed E-state index contributed by atoms with van der Waals surface area (Å²) in [6, 6.07) is 0. The lowest BCUT2D eigenvalue weighted by Gasteiger charge is -2.20. The Kier molecular flexibility index (Phi) is 5.93. The van der Waals surface area contributed by atoms with Crippen molar-refractivity contribution in [1.29, 1.82) is 0 Å². The molecule has 0 atom stereocenters. The third-order valence-electron chi connectivity index (χ3n) is 1.48. The Morgan fingerprint density at radius 2 is 1.73 bits per heavy atom. The number of hydrogen-bond donors (Lipinski definition) is 3. The summed E-state index contributed by atoms with van der Waals surface area (Å²) in [4.78, 5) is 21.8. The molecule has 2 amide bonds. The van der Waals surface area contributed by atoms with Crippen molar-refractivity contribution in [2.24, 2.45) is 0 Å². The van der Waals surface area contributed by atoms with E-state index in [2.05, 4.69) is 16.0 Å². The fourth-order valence-corrected chi connectivity index (χ4v) is 0.991. The SMILES string of the molecule is CC(=O)NCCNCC(=O)NC(C)(C)C. The molecule has 5 heteroatoms. The Bertz CT molecular complexity index is 221. The summed E-state index contributed by atoms with van der Waals surface area (Å²) in [6.07, 6.45) is 0. The van der Waals surface area contributed by atoms with Gasteiger partial charge in [-0.05, 0) is 20.8 Å². The maximum atomic E-state index is 11.3. The Morgan fingerprint density at radius 1 is 1.13 bits per heavy atom. The van der Waals surface area contributed by atoms with Gasteiger partial charge in [-0.2, -0.15) is 0 Å². The van der Waals surface area contributed by atoms with Crippen molar-refractivity contribution < 1.29 is 9.59 Å². The van der Waals surface area contributed by atoms with E-state index in [9.17, 15) is 9.59 Å². The van der Waals surface area contributed by atoms with Gasteiger partial charge >= 0.3 is 0 Å². The zero-order valence-corrected chi connectivity index (χ0v) is 9.94. The van der Waals surface area contributed by atoms with Crippen LogP contribution in [-0.2, 0) is 9.59 Å². The van der Waals surface area contributed by atoms with E-state index >= 15 is 0 Å². The zero-order valence-electron chi connectivity index (χ0n) is 9.94. The number of nitrogens with one attached hydrogen (secondary N) is 3. The number of amides is 2. The molecule has 0 unspecified atom stereocenters. The van der Waals surface area contributed by atoms with E-state index in [1.54, 1.807) is 0 Å². The highest BCUT2D eigenvalue weighted by Gasteiger charge is 2.12. The van der Waals surface area contributed by atoms with Gasteiger partial charge in [0.2, 0.25) is 11.8 Å². The maximum Gasteiger partial charge on any atom is 0.234 e. The van der Waals surface area contributed by atoms with Crippen LogP contribution in [0.5, 0.6) is 0 Å². The molecule has 0 aliphatic carbocycles. The van der Waals surface area contributed by atoms with Crippen molar-refractivity contribution in [2.45, 2.75) is 33.2 Å². The third-order valence-corrected chi connectivity index (χ3v) is 1.48. The molecule has 15 heavy (non-hydrogen) atoms. The second-order valence-electron chi connectivity index (χ2n) is 4.46. The highest BCUT2D eigenvalue weighted by Crippen LogP contribution is 1.96. The summed E-state index contributed by atoms with van der Waals surface area (Å²) >= 11 is 0. The summed E-state index contributed by atoms with van der Waals surface area (Å²) in [5.74, 6) is -0.0960. The van der Waals surface area contributed by atoms with Gasteiger partial charge in [-0.3, -0.25) is 9.59 Å². The first kappa shape index (κ1) is 13.9. The molecule has 5 nitrogen and oxygen atoms in total. The second kappa shape index (κ2) is 6.40. The first-order valence-electron chi connectivity index (χ1n) is 5.07. The van der Waals surface area contributed by atoms with Gasteiger partial charge in [0.1, 0.15) is 0 Å². The smallest absolute Gasteiger partial charge is 0.234 e. The third kappa shape index (κ3) is 10.8. The van der Waals surface area contributed by atoms with Crippen molar-refractivity contribution in [3.63, 3.8) is 0 Å². The Balaban J connectivity index is 3.44. The quantitative estimate of drug-likeness (QED) is 0.548. The maximum absolute atomic E-state index is 11.3. The lowest BCUT2D eigenvalue weighted by atomic mass is 10.1. The highest BCUT2D eigenvalue weighted by atomic mass is 16.2. The first-order valence-corrected chi connectivity index (χ1v) is 5.07. The van der Waals surface area contributed by atoms with Crippen molar-refractivity contribution in [2.75, 3.05) is 19.6 Å². The summed E-state index contributed by atoms with van der Waals surface area (Å²) in [6.45, 7) is 8.67. The van der Waals surface area contributed by atoms with Crippen molar-refractivity contribution in [3.05, 3.63) is 0 Å². The average molecular weight is 215 g/mol. The van der Waals surface area contributed by atoms with Crippen LogP contribution < -0.4 is 16.0 Å². The van der Waals surface area contributed by atoms with Crippen LogP contribution in [0.4, 0.5) is 0 Å². The van der Waals surface area contributed by atoms with Crippen molar-refractivity contribution >= 4 is 11.8 Å². The van der Waals surface area contributed by atoms with E-state index < -0.39 is 0 Å². The monoisotopic (exact) mass is 215 g/mol. The van der Waals surface area contributed by atoms with Crippen LogP contribution >= 0.6 is 0 Å². The standard InChI is InChI=1S/C10H21N3O2/c1-8(14)12-6-5-11-7-9(15)13-10(2,3)4/h11H,5-7H2,1-4H3,(H,12,14)(H,13,15). The van der Waals surface area contributed by atoms with Gasteiger partial charge in [0.05, 0.1) is 6.54 Å². The van der Waals surface area contributed by atoms with Gasteiger partial charge in [0.25, 0.3) is 0 Å². The largest absolute Gasteiger partial charge is 0.355 e. The lowest BCUT2D eigenvalue weighted by molar-refractivity contribution is -0.121. The molecule has 0 heterocycles. The fourth-order valence-electron chi connectivity index (χ4n) is 0.991. The Hall–Kier alpha value is -1.10. The topological polar surface area (TPSA) is 70.2 Å². The summed E-state index contributed by atoms with van der Waals surface area (Å²) in [5, 5.41) is 8.40. The number of carbonyl (C=O) groups excluding carboxylic acids is 2. The molecule has 0 aliphatic heterocycles.